The summed E-state index contributed by atoms with van der Waals surface area (Å²) in [6, 6.07) is 8.68. The molecule has 0 aliphatic rings. The molecule has 1 aromatic carbocycles. The lowest BCUT2D eigenvalue weighted by atomic mass is 10.1. The van der Waals surface area contributed by atoms with E-state index in [9.17, 15) is 13.2 Å². The lowest BCUT2D eigenvalue weighted by molar-refractivity contribution is -0.137. The average Bonchev–Trinajstić information content (AvgIpc) is 2.85. The van der Waals surface area contributed by atoms with Crippen LogP contribution in [0.5, 0.6) is 0 Å². The first kappa shape index (κ1) is 15.6. The second-order valence-electron chi connectivity index (χ2n) is 4.53. The maximum Gasteiger partial charge on any atom is 0.416 e. The van der Waals surface area contributed by atoms with Crippen molar-refractivity contribution in [1.29, 1.82) is 0 Å². The topological polar surface area (TPSA) is 81.7 Å². The molecule has 8 heteroatoms. The number of benzene rings is 1. The number of hydrogen-bond donors (Lipinski definition) is 2. The van der Waals surface area contributed by atoms with Gasteiger partial charge in [-0.2, -0.15) is 18.3 Å². The van der Waals surface area contributed by atoms with E-state index in [1.807, 2.05) is 0 Å². The van der Waals surface area contributed by atoms with Gasteiger partial charge in [0.05, 0.1) is 17.5 Å². The van der Waals surface area contributed by atoms with Gasteiger partial charge in [-0.3, -0.25) is 0 Å². The van der Waals surface area contributed by atoms with E-state index in [1.54, 1.807) is 29.0 Å². The molecule has 0 amide bonds. The Hall–Kier alpha value is -2.77. The standard InChI is InChI=1S/C14H14F3N5/c15-14(16,17)11-4-1-3-10(7-11)9-22-6-2-5-12(22)8-20-21-13(18)19/h1-8H,9H2,(H4,18,19,21). The number of alkyl halides is 3. The molecular weight excluding hydrogens is 295 g/mol. The van der Waals surface area contributed by atoms with Gasteiger partial charge in [0, 0.05) is 12.7 Å². The zero-order valence-electron chi connectivity index (χ0n) is 11.5. The molecule has 5 nitrogen and oxygen atoms in total. The number of rotatable bonds is 4. The van der Waals surface area contributed by atoms with Crippen LogP contribution in [0.25, 0.3) is 0 Å². The van der Waals surface area contributed by atoms with Crippen LogP contribution in [-0.2, 0) is 12.7 Å². The second kappa shape index (κ2) is 6.33. The maximum atomic E-state index is 12.7. The summed E-state index contributed by atoms with van der Waals surface area (Å²) in [6.07, 6.45) is -1.20. The number of nitrogens with two attached hydrogens (primary N) is 2. The van der Waals surface area contributed by atoms with Gasteiger partial charge in [-0.1, -0.05) is 12.1 Å². The van der Waals surface area contributed by atoms with E-state index in [2.05, 4.69) is 10.2 Å². The first-order valence-electron chi connectivity index (χ1n) is 6.29. The van der Waals surface area contributed by atoms with Gasteiger partial charge in [0.15, 0.2) is 0 Å². The van der Waals surface area contributed by atoms with Crippen molar-refractivity contribution in [2.45, 2.75) is 12.7 Å². The van der Waals surface area contributed by atoms with Crippen LogP contribution in [0.15, 0.2) is 52.8 Å². The Morgan fingerprint density at radius 2 is 1.95 bits per heavy atom. The van der Waals surface area contributed by atoms with Crippen LogP contribution in [0.4, 0.5) is 13.2 Å². The lowest BCUT2D eigenvalue weighted by Gasteiger charge is -2.10. The minimum atomic E-state index is -4.36. The van der Waals surface area contributed by atoms with Gasteiger partial charge in [0.1, 0.15) is 0 Å². The molecule has 1 heterocycles. The molecule has 2 aromatic rings. The average molecular weight is 309 g/mol. The number of guanidine groups is 1. The smallest absolute Gasteiger partial charge is 0.369 e. The van der Waals surface area contributed by atoms with E-state index in [-0.39, 0.29) is 12.5 Å². The van der Waals surface area contributed by atoms with Crippen molar-refractivity contribution in [1.82, 2.24) is 4.57 Å². The van der Waals surface area contributed by atoms with Gasteiger partial charge >= 0.3 is 6.18 Å². The van der Waals surface area contributed by atoms with Crippen molar-refractivity contribution in [2.24, 2.45) is 21.7 Å². The van der Waals surface area contributed by atoms with E-state index in [1.165, 1.54) is 12.3 Å². The Morgan fingerprint density at radius 3 is 2.64 bits per heavy atom. The van der Waals surface area contributed by atoms with Gasteiger partial charge in [-0.25, -0.2) is 0 Å². The maximum absolute atomic E-state index is 12.7. The van der Waals surface area contributed by atoms with Gasteiger partial charge in [-0.05, 0) is 29.8 Å². The van der Waals surface area contributed by atoms with Crippen molar-refractivity contribution in [2.75, 3.05) is 0 Å². The van der Waals surface area contributed by atoms with Crippen molar-refractivity contribution in [3.63, 3.8) is 0 Å². The summed E-state index contributed by atoms with van der Waals surface area (Å²) in [4.78, 5) is 0. The van der Waals surface area contributed by atoms with Crippen molar-refractivity contribution in [3.8, 4) is 0 Å². The predicted molar refractivity (Wildman–Crippen MR) is 78.4 cm³/mol. The second-order valence-corrected chi connectivity index (χ2v) is 4.53. The summed E-state index contributed by atoms with van der Waals surface area (Å²) in [5, 5.41) is 7.16. The van der Waals surface area contributed by atoms with Gasteiger partial charge in [-0.15, -0.1) is 5.10 Å². The SMILES string of the molecule is NC(N)=NN=Cc1cccn1Cc1cccc(C(F)(F)F)c1. The van der Waals surface area contributed by atoms with Gasteiger partial charge in [0.2, 0.25) is 5.96 Å². The predicted octanol–water partition coefficient (Wildman–Crippen LogP) is 2.16. The third-order valence-corrected chi connectivity index (χ3v) is 2.84. The van der Waals surface area contributed by atoms with Crippen molar-refractivity contribution in [3.05, 3.63) is 59.4 Å². The highest BCUT2D eigenvalue weighted by Crippen LogP contribution is 2.29. The summed E-state index contributed by atoms with van der Waals surface area (Å²) in [7, 11) is 0. The third kappa shape index (κ3) is 4.11. The fourth-order valence-electron chi connectivity index (χ4n) is 1.89. The van der Waals surface area contributed by atoms with Gasteiger partial charge in [0.25, 0.3) is 0 Å². The van der Waals surface area contributed by atoms with Crippen LogP contribution in [0.3, 0.4) is 0 Å². The number of aromatic nitrogens is 1. The third-order valence-electron chi connectivity index (χ3n) is 2.84. The Bertz CT molecular complexity index is 696. The molecule has 0 aliphatic heterocycles. The molecule has 0 atom stereocenters. The van der Waals surface area contributed by atoms with E-state index in [0.717, 1.165) is 12.1 Å². The molecule has 4 N–H and O–H groups in total. The molecule has 0 aliphatic carbocycles. The highest BCUT2D eigenvalue weighted by Gasteiger charge is 2.30. The van der Waals surface area contributed by atoms with Crippen LogP contribution >= 0.6 is 0 Å². The van der Waals surface area contributed by atoms with E-state index >= 15 is 0 Å². The zero-order chi connectivity index (χ0) is 16.2. The van der Waals surface area contributed by atoms with Crippen LogP contribution in [-0.4, -0.2) is 16.7 Å². The minimum Gasteiger partial charge on any atom is -0.369 e. The molecule has 0 saturated heterocycles. The van der Waals surface area contributed by atoms with Crippen LogP contribution in [0.2, 0.25) is 0 Å². The molecule has 0 bridgehead atoms. The normalized spacial score (nSPS) is 11.8. The minimum absolute atomic E-state index is 0.174. The molecule has 0 spiro atoms. The zero-order valence-corrected chi connectivity index (χ0v) is 11.5. The molecule has 22 heavy (non-hydrogen) atoms. The number of nitrogens with zero attached hydrogens (tertiary/aromatic N) is 3. The van der Waals surface area contributed by atoms with E-state index in [4.69, 9.17) is 11.5 Å². The van der Waals surface area contributed by atoms with Crippen LogP contribution in [0, 0.1) is 0 Å². The first-order chi connectivity index (χ1) is 10.4. The Balaban J connectivity index is 2.20. The molecule has 0 saturated carbocycles. The Morgan fingerprint density at radius 1 is 1.18 bits per heavy atom. The Kier molecular flexibility index (Phi) is 4.50. The largest absolute Gasteiger partial charge is 0.416 e. The molecule has 2 rings (SSSR count). The van der Waals surface area contributed by atoms with E-state index in [0.29, 0.717) is 11.3 Å². The molecular formula is C14H14F3N5. The summed E-state index contributed by atoms with van der Waals surface area (Å²) < 4.78 is 39.8. The monoisotopic (exact) mass is 309 g/mol. The molecule has 0 unspecified atom stereocenters. The number of halogens is 3. The first-order valence-corrected chi connectivity index (χ1v) is 6.29. The van der Waals surface area contributed by atoms with Crippen LogP contribution < -0.4 is 11.5 Å². The molecule has 116 valence electrons. The molecule has 1 aromatic heterocycles. The quantitative estimate of drug-likeness (QED) is 0.515. The number of hydrogen-bond acceptors (Lipinski definition) is 2. The van der Waals surface area contributed by atoms with Crippen molar-refractivity contribution >= 4 is 12.2 Å². The summed E-state index contributed by atoms with van der Waals surface area (Å²) in [6.45, 7) is 0.278. The Labute approximate surface area is 124 Å². The highest BCUT2D eigenvalue weighted by molar-refractivity contribution is 5.80. The highest BCUT2D eigenvalue weighted by atomic mass is 19.4. The van der Waals surface area contributed by atoms with Crippen LogP contribution in [0.1, 0.15) is 16.8 Å². The molecule has 0 fully saturated rings. The summed E-state index contributed by atoms with van der Waals surface area (Å²) in [5.74, 6) is -0.174. The lowest BCUT2D eigenvalue weighted by Crippen LogP contribution is -2.21. The van der Waals surface area contributed by atoms with Crippen molar-refractivity contribution < 1.29 is 13.2 Å². The fourth-order valence-corrected chi connectivity index (χ4v) is 1.89. The molecule has 0 radical (unpaired) electrons. The summed E-state index contributed by atoms with van der Waals surface area (Å²) in [5.41, 5.74) is 10.8. The summed E-state index contributed by atoms with van der Waals surface area (Å²) >= 11 is 0. The fraction of sp³-hybridized carbons (Fsp3) is 0.143. The van der Waals surface area contributed by atoms with E-state index < -0.39 is 11.7 Å². The van der Waals surface area contributed by atoms with Gasteiger partial charge < -0.3 is 16.0 Å².